The highest BCUT2D eigenvalue weighted by Crippen LogP contribution is 2.68. The van der Waals surface area contributed by atoms with Gasteiger partial charge in [0.1, 0.15) is 0 Å². The molecule has 1 aliphatic rings. The van der Waals surface area contributed by atoms with Gasteiger partial charge in [-0.2, -0.15) is 0 Å². The van der Waals surface area contributed by atoms with Gasteiger partial charge in [0.25, 0.3) is 0 Å². The molecule has 0 radical (unpaired) electrons. The van der Waals surface area contributed by atoms with Crippen LogP contribution in [-0.4, -0.2) is 14.3 Å². The second-order valence-electron chi connectivity index (χ2n) is 3.90. The molecule has 1 N–H and O–H groups in total. The molecule has 15 heavy (non-hydrogen) atoms. The van der Waals surface area contributed by atoms with Crippen molar-refractivity contribution in [2.24, 2.45) is 0 Å². The number of rotatable bonds is 3. The third-order valence-electron chi connectivity index (χ3n) is 2.88. The van der Waals surface area contributed by atoms with Crippen molar-refractivity contribution in [2.75, 3.05) is 0 Å². The van der Waals surface area contributed by atoms with E-state index in [4.69, 9.17) is 5.11 Å². The molecule has 4 heteroatoms. The third kappa shape index (κ3) is 1.85. The van der Waals surface area contributed by atoms with Gasteiger partial charge in [-0.15, -0.1) is 0 Å². The molecule has 1 saturated carbocycles. The average molecular weight is 334 g/mol. The second-order valence-corrected chi connectivity index (χ2v) is 7.67. The smallest absolute Gasteiger partial charge is 0.304 e. The highest BCUT2D eigenvalue weighted by Gasteiger charge is 2.66. The molecular weight excluding hydrogens is 324 g/mol. The molecule has 0 amide bonds. The zero-order valence-corrected chi connectivity index (χ0v) is 11.1. The Kier molecular flexibility index (Phi) is 2.67. The largest absolute Gasteiger partial charge is 0.481 e. The molecule has 1 atom stereocenters. The molecule has 1 aromatic carbocycles. The zero-order valence-electron chi connectivity index (χ0n) is 7.91. The van der Waals surface area contributed by atoms with E-state index in [2.05, 4.69) is 31.9 Å². The summed E-state index contributed by atoms with van der Waals surface area (Å²) in [6, 6.07) is 9.77. The van der Waals surface area contributed by atoms with Crippen LogP contribution >= 0.6 is 31.9 Å². The van der Waals surface area contributed by atoms with Crippen molar-refractivity contribution in [3.8, 4) is 0 Å². The van der Waals surface area contributed by atoms with E-state index >= 15 is 0 Å². The van der Waals surface area contributed by atoms with Crippen LogP contribution < -0.4 is 0 Å². The van der Waals surface area contributed by atoms with Gasteiger partial charge in [0.15, 0.2) is 0 Å². The first-order valence-corrected chi connectivity index (χ1v) is 6.22. The zero-order chi connectivity index (χ0) is 11.1. The van der Waals surface area contributed by atoms with Crippen molar-refractivity contribution in [1.82, 2.24) is 0 Å². The molecule has 0 spiro atoms. The summed E-state index contributed by atoms with van der Waals surface area (Å²) in [6.45, 7) is 0. The summed E-state index contributed by atoms with van der Waals surface area (Å²) in [4.78, 5) is 10.9. The second kappa shape index (κ2) is 3.59. The minimum Gasteiger partial charge on any atom is -0.481 e. The van der Waals surface area contributed by atoms with Crippen molar-refractivity contribution < 1.29 is 9.90 Å². The van der Waals surface area contributed by atoms with Crippen molar-refractivity contribution >= 4 is 37.8 Å². The predicted molar refractivity (Wildman–Crippen MR) is 65.6 cm³/mol. The maximum absolute atomic E-state index is 10.9. The monoisotopic (exact) mass is 332 g/mol. The van der Waals surface area contributed by atoms with E-state index in [0.29, 0.717) is 0 Å². The summed E-state index contributed by atoms with van der Waals surface area (Å²) in [6.07, 6.45) is 0.948. The summed E-state index contributed by atoms with van der Waals surface area (Å²) in [5.74, 6) is -0.764. The van der Waals surface area contributed by atoms with E-state index in [1.165, 1.54) is 0 Å². The molecule has 0 aliphatic heterocycles. The van der Waals surface area contributed by atoms with Crippen LogP contribution in [0.1, 0.15) is 18.4 Å². The Bertz CT molecular complexity index is 389. The molecular formula is C11H10Br2O2. The molecule has 1 aromatic rings. The van der Waals surface area contributed by atoms with Gasteiger partial charge >= 0.3 is 5.97 Å². The van der Waals surface area contributed by atoms with Crippen molar-refractivity contribution in [2.45, 2.75) is 21.5 Å². The van der Waals surface area contributed by atoms with Gasteiger partial charge in [-0.25, -0.2) is 0 Å². The summed E-state index contributed by atoms with van der Waals surface area (Å²) in [5.41, 5.74) is 0.765. The molecule has 0 bridgehead atoms. The van der Waals surface area contributed by atoms with Gasteiger partial charge in [-0.1, -0.05) is 62.2 Å². The maximum Gasteiger partial charge on any atom is 0.304 e. The van der Waals surface area contributed by atoms with Crippen LogP contribution in [0.4, 0.5) is 0 Å². The summed E-state index contributed by atoms with van der Waals surface area (Å²) < 4.78 is -0.257. The maximum atomic E-state index is 10.9. The van der Waals surface area contributed by atoms with Gasteiger partial charge in [0.2, 0.25) is 0 Å². The van der Waals surface area contributed by atoms with Crippen LogP contribution in [0.3, 0.4) is 0 Å². The number of carboxylic acids is 1. The van der Waals surface area contributed by atoms with Crippen molar-refractivity contribution in [1.29, 1.82) is 0 Å². The molecule has 2 nitrogen and oxygen atoms in total. The van der Waals surface area contributed by atoms with Gasteiger partial charge in [-0.3, -0.25) is 4.79 Å². The quantitative estimate of drug-likeness (QED) is 0.862. The fourth-order valence-corrected chi connectivity index (χ4v) is 3.65. The normalized spacial score (nSPS) is 27.3. The molecule has 0 heterocycles. The van der Waals surface area contributed by atoms with E-state index in [0.717, 1.165) is 12.0 Å². The number of hydrogen-bond acceptors (Lipinski definition) is 1. The Morgan fingerprint density at radius 1 is 1.33 bits per heavy atom. The van der Waals surface area contributed by atoms with E-state index in [1.807, 2.05) is 30.3 Å². The molecule has 0 saturated heterocycles. The number of benzene rings is 1. The number of alkyl halides is 2. The molecule has 1 unspecified atom stereocenters. The standard InChI is InChI=1S/C11H10Br2O2/c12-11(13)7-10(11,6-9(14)15)8-4-2-1-3-5-8/h1-5H,6-7H2,(H,14,15). The van der Waals surface area contributed by atoms with Crippen LogP contribution in [0.2, 0.25) is 0 Å². The third-order valence-corrected chi connectivity index (χ3v) is 4.96. The van der Waals surface area contributed by atoms with Crippen LogP contribution in [0, 0.1) is 0 Å². The van der Waals surface area contributed by atoms with Crippen molar-refractivity contribution in [3.05, 3.63) is 35.9 Å². The SMILES string of the molecule is O=C(O)CC1(c2ccccc2)CC1(Br)Br. The number of aliphatic carboxylic acids is 1. The summed E-state index contributed by atoms with van der Waals surface area (Å²) in [5, 5.41) is 8.94. The average Bonchev–Trinajstić information content (AvgIpc) is 2.70. The van der Waals surface area contributed by atoms with E-state index in [9.17, 15) is 4.79 Å². The van der Waals surface area contributed by atoms with E-state index in [1.54, 1.807) is 0 Å². The predicted octanol–water partition coefficient (Wildman–Crippen LogP) is 3.29. The minimum absolute atomic E-state index is 0.146. The Hall–Kier alpha value is -0.350. The van der Waals surface area contributed by atoms with Gasteiger partial charge < -0.3 is 5.11 Å². The first kappa shape index (κ1) is 11.1. The first-order valence-electron chi connectivity index (χ1n) is 4.63. The van der Waals surface area contributed by atoms with Gasteiger partial charge in [0.05, 0.1) is 9.65 Å². The number of carboxylic acid groups (broad SMARTS) is 1. The fourth-order valence-electron chi connectivity index (χ4n) is 1.96. The Balaban J connectivity index is 2.35. The Morgan fingerprint density at radius 3 is 2.27 bits per heavy atom. The Labute approximate surface area is 105 Å². The van der Waals surface area contributed by atoms with Gasteiger partial charge in [-0.05, 0) is 12.0 Å². The number of hydrogen-bond donors (Lipinski definition) is 1. The topological polar surface area (TPSA) is 37.3 Å². The molecule has 80 valence electrons. The summed E-state index contributed by atoms with van der Waals surface area (Å²) in [7, 11) is 0. The lowest BCUT2D eigenvalue weighted by atomic mass is 9.92. The van der Waals surface area contributed by atoms with Crippen LogP contribution in [0.5, 0.6) is 0 Å². The van der Waals surface area contributed by atoms with Gasteiger partial charge in [0, 0.05) is 5.41 Å². The highest BCUT2D eigenvalue weighted by atomic mass is 79.9. The minimum atomic E-state index is -0.764. The molecule has 1 aliphatic carbocycles. The lowest BCUT2D eigenvalue weighted by Gasteiger charge is -2.16. The van der Waals surface area contributed by atoms with E-state index in [-0.39, 0.29) is 15.1 Å². The lowest BCUT2D eigenvalue weighted by molar-refractivity contribution is -0.137. The van der Waals surface area contributed by atoms with Crippen LogP contribution in [0.15, 0.2) is 30.3 Å². The number of carbonyl (C=O) groups is 1. The molecule has 1 fully saturated rings. The summed E-state index contributed by atoms with van der Waals surface area (Å²) >= 11 is 7.06. The number of halogens is 2. The lowest BCUT2D eigenvalue weighted by Crippen LogP contribution is -2.19. The first-order chi connectivity index (χ1) is 6.98. The molecule has 0 aromatic heterocycles. The van der Waals surface area contributed by atoms with E-state index < -0.39 is 5.97 Å². The fraction of sp³-hybridized carbons (Fsp3) is 0.364. The molecule has 2 rings (SSSR count). The highest BCUT2D eigenvalue weighted by molar-refractivity contribution is 9.25. The van der Waals surface area contributed by atoms with Crippen molar-refractivity contribution in [3.63, 3.8) is 0 Å². The van der Waals surface area contributed by atoms with Crippen LogP contribution in [0.25, 0.3) is 0 Å². The Morgan fingerprint density at radius 2 is 1.87 bits per heavy atom. The van der Waals surface area contributed by atoms with Crippen LogP contribution in [-0.2, 0) is 10.2 Å².